The van der Waals surface area contributed by atoms with Crippen LogP contribution >= 0.6 is 0 Å². The summed E-state index contributed by atoms with van der Waals surface area (Å²) in [5, 5.41) is 82.7. The molecule has 16 atom stereocenters. The number of ether oxygens (including phenoxy) is 6. The summed E-state index contributed by atoms with van der Waals surface area (Å²) in [4.78, 5) is 13.5. The van der Waals surface area contributed by atoms with Gasteiger partial charge in [-0.3, -0.25) is 4.79 Å². The first kappa shape index (κ1) is 34.4. The molecule has 260 valence electrons. The van der Waals surface area contributed by atoms with Gasteiger partial charge in [-0.25, -0.2) is 0 Å². The van der Waals surface area contributed by atoms with Gasteiger partial charge in [0.1, 0.15) is 60.2 Å². The fourth-order valence-corrected chi connectivity index (χ4v) is 6.85. The van der Waals surface area contributed by atoms with Crippen molar-refractivity contribution >= 4 is 11.4 Å². The predicted octanol–water partition coefficient (Wildman–Crippen LogP) is -1.92. The summed E-state index contributed by atoms with van der Waals surface area (Å²) >= 11 is 0. The lowest BCUT2D eigenvalue weighted by Crippen LogP contribution is -2.61. The molecule has 0 radical (unpaired) electrons. The first-order valence-electron chi connectivity index (χ1n) is 15.6. The van der Waals surface area contributed by atoms with Gasteiger partial charge in [0.25, 0.3) is 0 Å². The Hall–Kier alpha value is -2.51. The molecule has 4 heterocycles. The number of phenolic OH excluding ortho intramolecular Hbond substituents is 1. The van der Waals surface area contributed by atoms with Crippen LogP contribution in [0.1, 0.15) is 25.8 Å². The third-order valence-electron chi connectivity index (χ3n) is 9.69. The summed E-state index contributed by atoms with van der Waals surface area (Å²) in [6, 6.07) is 6.14. The van der Waals surface area contributed by atoms with Crippen molar-refractivity contribution in [2.75, 3.05) is 13.2 Å². The minimum atomic E-state index is -1.68. The van der Waals surface area contributed by atoms with Crippen LogP contribution in [-0.2, 0) is 33.2 Å². The molecule has 0 amide bonds. The Bertz CT molecular complexity index is 1340. The second kappa shape index (κ2) is 13.4. The minimum Gasteiger partial charge on any atom is -0.508 e. The van der Waals surface area contributed by atoms with Crippen LogP contribution in [0.2, 0.25) is 0 Å². The predicted molar refractivity (Wildman–Crippen MR) is 157 cm³/mol. The van der Waals surface area contributed by atoms with Crippen molar-refractivity contribution in [3.63, 3.8) is 0 Å². The van der Waals surface area contributed by atoms with Crippen LogP contribution in [0.25, 0.3) is 5.57 Å². The third-order valence-corrected chi connectivity index (χ3v) is 9.69. The quantitative estimate of drug-likeness (QED) is 0.148. The molecule has 8 N–H and O–H groups in total. The summed E-state index contributed by atoms with van der Waals surface area (Å²) in [5.74, 6) is -1.55. The molecule has 15 heteroatoms. The van der Waals surface area contributed by atoms with Gasteiger partial charge in [0, 0.05) is 12.3 Å². The summed E-state index contributed by atoms with van der Waals surface area (Å²) < 4.78 is 34.8. The second-order valence-corrected chi connectivity index (χ2v) is 13.1. The van der Waals surface area contributed by atoms with Gasteiger partial charge in [-0.05, 0) is 31.5 Å². The van der Waals surface area contributed by atoms with Crippen LogP contribution in [0.3, 0.4) is 0 Å². The maximum Gasteiger partial charge on any atom is 0.186 e. The Balaban J connectivity index is 1.07. The van der Waals surface area contributed by atoms with E-state index in [9.17, 15) is 45.6 Å². The highest BCUT2D eigenvalue weighted by Crippen LogP contribution is 2.44. The molecular formula is C32H42O15. The molecule has 1 aromatic carbocycles. The van der Waals surface area contributed by atoms with Crippen LogP contribution in [0.4, 0.5) is 0 Å². The fourth-order valence-electron chi connectivity index (χ4n) is 6.85. The van der Waals surface area contributed by atoms with Gasteiger partial charge < -0.3 is 69.3 Å². The van der Waals surface area contributed by atoms with Crippen molar-refractivity contribution in [2.24, 2.45) is 11.8 Å². The molecule has 47 heavy (non-hydrogen) atoms. The number of Topliss-reactive ketones (excluding diaryl/α,β-unsaturated/α-hetero) is 1. The van der Waals surface area contributed by atoms with Crippen LogP contribution in [0.15, 0.2) is 42.7 Å². The number of allylic oxidation sites excluding steroid dienone is 1. The average molecular weight is 667 g/mol. The molecule has 6 rings (SSSR count). The van der Waals surface area contributed by atoms with Crippen molar-refractivity contribution < 1.29 is 74.1 Å². The number of carbonyl (C=O) groups is 1. The first-order chi connectivity index (χ1) is 22.3. The molecule has 3 fully saturated rings. The van der Waals surface area contributed by atoms with Crippen molar-refractivity contribution in [1.29, 1.82) is 0 Å². The second-order valence-electron chi connectivity index (χ2n) is 13.1. The van der Waals surface area contributed by atoms with E-state index in [2.05, 4.69) is 0 Å². The maximum absolute atomic E-state index is 13.5. The van der Waals surface area contributed by atoms with Crippen LogP contribution in [0.5, 0.6) is 5.75 Å². The Morgan fingerprint density at radius 2 is 1.49 bits per heavy atom. The van der Waals surface area contributed by atoms with E-state index in [4.69, 9.17) is 28.4 Å². The zero-order valence-electron chi connectivity index (χ0n) is 25.8. The topological polar surface area (TPSA) is 234 Å². The van der Waals surface area contributed by atoms with Gasteiger partial charge in [0.2, 0.25) is 0 Å². The standard InChI is InChI=1S/C32H42O15/c1-13-22(34)26(38)28(40)30(45-13)43-11-20-25(37)27(39)29(41)31(46-20)44-12-32(2)8-7-16-18(47-32)9-19-21(23(16)35)24(36)17(10-42-19)14-3-5-15(33)6-4-14/h3-8,10,13,16,18-23,25-31,33-35,37-41H,9,11-12H2,1-2H3/t13-,16?,18?,19?,20+,21?,22-,23?,25+,26+,27-,28+,29+,30+,31+,32?/m0/s1. The normalized spacial score (nSPS) is 46.6. The number of benzene rings is 1. The molecule has 1 aromatic rings. The SMILES string of the molecule is C[C@@H]1O[C@@H](OC[C@H]2O[C@@H](OCC3(C)C=CC4C(CC5OC=C(c6ccc(O)cc6)C(=O)C5C4O)O3)[C@H](O)[C@@H](O)[C@@H]2O)[C@H](O)[C@H](O)[C@H]1O. The highest BCUT2D eigenvalue weighted by Gasteiger charge is 2.53. The number of hydrogen-bond acceptors (Lipinski definition) is 15. The van der Waals surface area contributed by atoms with Gasteiger partial charge in [-0.15, -0.1) is 0 Å². The average Bonchev–Trinajstić information content (AvgIpc) is 3.04. The lowest BCUT2D eigenvalue weighted by molar-refractivity contribution is -0.332. The number of ketones is 1. The minimum absolute atomic E-state index is 0.0598. The highest BCUT2D eigenvalue weighted by atomic mass is 16.7. The zero-order valence-corrected chi connectivity index (χ0v) is 25.8. The molecule has 5 aliphatic rings. The van der Waals surface area contributed by atoms with E-state index in [0.717, 1.165) is 0 Å². The Labute approximate surface area is 270 Å². The molecule has 0 spiro atoms. The Morgan fingerprint density at radius 1 is 0.830 bits per heavy atom. The van der Waals surface area contributed by atoms with Crippen molar-refractivity contribution in [1.82, 2.24) is 0 Å². The highest BCUT2D eigenvalue weighted by molar-refractivity contribution is 6.22. The smallest absolute Gasteiger partial charge is 0.186 e. The van der Waals surface area contributed by atoms with Crippen molar-refractivity contribution in [2.45, 2.75) is 106 Å². The molecule has 2 saturated heterocycles. The maximum atomic E-state index is 13.5. The van der Waals surface area contributed by atoms with Gasteiger partial charge in [0.05, 0.1) is 49.3 Å². The Morgan fingerprint density at radius 3 is 2.19 bits per heavy atom. The van der Waals surface area contributed by atoms with Crippen LogP contribution < -0.4 is 0 Å². The molecule has 0 bridgehead atoms. The van der Waals surface area contributed by atoms with Gasteiger partial charge in [0.15, 0.2) is 18.4 Å². The van der Waals surface area contributed by atoms with E-state index in [1.54, 1.807) is 31.2 Å². The molecule has 0 aromatic heterocycles. The number of carbonyl (C=O) groups excluding carboxylic acids is 1. The van der Waals surface area contributed by atoms with Crippen molar-refractivity contribution in [3.05, 3.63) is 48.2 Å². The number of phenols is 1. The summed E-state index contributed by atoms with van der Waals surface area (Å²) in [6.07, 6.45) is -11.4. The molecule has 1 saturated carbocycles. The van der Waals surface area contributed by atoms with Gasteiger partial charge in [-0.1, -0.05) is 24.3 Å². The lowest BCUT2D eigenvalue weighted by atomic mass is 9.69. The molecule has 6 unspecified atom stereocenters. The van der Waals surface area contributed by atoms with Gasteiger partial charge >= 0.3 is 0 Å². The van der Waals surface area contributed by atoms with E-state index in [1.807, 2.05) is 0 Å². The molecule has 1 aliphatic carbocycles. The number of aliphatic hydroxyl groups is 7. The summed E-state index contributed by atoms with van der Waals surface area (Å²) in [7, 11) is 0. The lowest BCUT2D eigenvalue weighted by Gasteiger charge is -2.49. The van der Waals surface area contributed by atoms with E-state index in [1.165, 1.54) is 25.3 Å². The Kier molecular flexibility index (Phi) is 9.81. The van der Waals surface area contributed by atoms with Crippen LogP contribution in [-0.4, -0.2) is 145 Å². The number of hydrogen-bond donors (Lipinski definition) is 8. The first-order valence-corrected chi connectivity index (χ1v) is 15.6. The number of fused-ring (bicyclic) bond motifs is 2. The molecule has 15 nitrogen and oxygen atoms in total. The van der Waals surface area contributed by atoms with Gasteiger partial charge in [-0.2, -0.15) is 0 Å². The molecule has 4 aliphatic heterocycles. The zero-order chi connectivity index (χ0) is 33.8. The largest absolute Gasteiger partial charge is 0.508 e. The fraction of sp³-hybridized carbons (Fsp3) is 0.656. The number of rotatable bonds is 7. The van der Waals surface area contributed by atoms with E-state index >= 15 is 0 Å². The summed E-state index contributed by atoms with van der Waals surface area (Å²) in [6.45, 7) is 2.60. The number of aliphatic hydroxyl groups excluding tert-OH is 7. The van der Waals surface area contributed by atoms with E-state index in [0.29, 0.717) is 17.6 Å². The van der Waals surface area contributed by atoms with E-state index < -0.39 is 104 Å². The summed E-state index contributed by atoms with van der Waals surface area (Å²) in [5.41, 5.74) is -0.214. The third kappa shape index (κ3) is 6.60. The van der Waals surface area contributed by atoms with E-state index in [-0.39, 0.29) is 18.1 Å². The van der Waals surface area contributed by atoms with Crippen molar-refractivity contribution in [3.8, 4) is 5.75 Å². The number of aromatic hydroxyl groups is 1. The monoisotopic (exact) mass is 666 g/mol. The molecular weight excluding hydrogens is 624 g/mol. The van der Waals surface area contributed by atoms with Crippen LogP contribution in [0, 0.1) is 11.8 Å².